The first-order valence-electron chi connectivity index (χ1n) is 10.0. The van der Waals surface area contributed by atoms with Gasteiger partial charge in [-0.2, -0.15) is 12.6 Å². The molecule has 0 unspecified atom stereocenters. The molecule has 0 fully saturated rings. The molecule has 0 spiro atoms. The van der Waals surface area contributed by atoms with E-state index in [1.165, 1.54) is 6.92 Å². The number of aryl methyl sites for hydroxylation is 1. The van der Waals surface area contributed by atoms with Gasteiger partial charge in [-0.15, -0.1) is 0 Å². The summed E-state index contributed by atoms with van der Waals surface area (Å²) in [7, 11) is 0. The van der Waals surface area contributed by atoms with Crippen molar-refractivity contribution in [3.63, 3.8) is 0 Å². The van der Waals surface area contributed by atoms with Crippen molar-refractivity contribution in [3.05, 3.63) is 58.0 Å². The van der Waals surface area contributed by atoms with Crippen LogP contribution < -0.4 is 5.82 Å². The molecule has 2 aromatic rings. The zero-order chi connectivity index (χ0) is 25.3. The zero-order valence-corrected chi connectivity index (χ0v) is 20.4. The maximum absolute atomic E-state index is 12.6. The van der Waals surface area contributed by atoms with Gasteiger partial charge in [-0.3, -0.25) is 9.59 Å². The Morgan fingerprint density at radius 2 is 1.74 bits per heavy atom. The van der Waals surface area contributed by atoms with Gasteiger partial charge in [0.25, 0.3) is 0 Å². The van der Waals surface area contributed by atoms with Gasteiger partial charge in [0.2, 0.25) is 6.79 Å². The number of Topliss-reactive ketones (excluding diaryl/α,β-unsaturated/α-hetero) is 1. The fourth-order valence-electron chi connectivity index (χ4n) is 2.44. The summed E-state index contributed by atoms with van der Waals surface area (Å²) in [6.45, 7) is 3.63. The van der Waals surface area contributed by atoms with E-state index in [0.717, 1.165) is 0 Å². The Balaban J connectivity index is 1.89. The highest BCUT2D eigenvalue weighted by atomic mass is 32.2. The molecule has 0 saturated heterocycles. The van der Waals surface area contributed by atoms with Crippen LogP contribution in [0, 0.1) is 12.8 Å². The second-order valence-corrected chi connectivity index (χ2v) is 9.62. The average Bonchev–Trinajstić information content (AvgIpc) is 3.11. The van der Waals surface area contributed by atoms with E-state index >= 15 is 0 Å². The Kier molecular flexibility index (Phi) is 9.99. The minimum Gasteiger partial charge on any atom is -0.457 e. The van der Waals surface area contributed by atoms with Crippen molar-refractivity contribution >= 4 is 47.4 Å². The summed E-state index contributed by atoms with van der Waals surface area (Å²) < 4.78 is 23.3. The van der Waals surface area contributed by atoms with Crippen molar-refractivity contribution in [2.45, 2.75) is 38.5 Å². The lowest BCUT2D eigenvalue weighted by atomic mass is 9.97. The monoisotopic (exact) mass is 512 g/mol. The van der Waals surface area contributed by atoms with Crippen LogP contribution in [-0.4, -0.2) is 40.3 Å². The van der Waals surface area contributed by atoms with Crippen LogP contribution in [0.25, 0.3) is 0 Å². The molecule has 1 aromatic carbocycles. The number of carbonyl (C=O) groups is 4. The van der Waals surface area contributed by atoms with Crippen LogP contribution in [0.3, 0.4) is 0 Å². The maximum atomic E-state index is 12.6. The first kappa shape index (κ1) is 27.3. The number of thiol groups is 1. The molecule has 0 radical (unpaired) electrons. The van der Waals surface area contributed by atoms with Gasteiger partial charge in [0.1, 0.15) is 5.78 Å². The second-order valence-electron chi connectivity index (χ2n) is 7.55. The van der Waals surface area contributed by atoms with Crippen LogP contribution in [0.2, 0.25) is 0 Å². The van der Waals surface area contributed by atoms with Crippen LogP contribution >= 0.6 is 24.4 Å². The molecular weight excluding hydrogens is 488 g/mol. The molecule has 34 heavy (non-hydrogen) atoms. The summed E-state index contributed by atoms with van der Waals surface area (Å²) in [5, 5.41) is -0.812. The number of ether oxygens (including phenoxy) is 3. The fraction of sp³-hybridized carbons (Fsp3) is 0.409. The standard InChI is InChI=1S/C22H24O10S2/c1-13-16(32-20(26)31-13)10-28-19(25)15(9-17(23)22(2,3)33)11-34-21(27)30-12-29-18(24)14-7-5-4-6-8-14/h4-8,15,33H,9-12H2,1-3H3/t15-/m0/s1. The highest BCUT2D eigenvalue weighted by Gasteiger charge is 2.31. The minimum absolute atomic E-state index is 0.0326. The minimum atomic E-state index is -1.01. The van der Waals surface area contributed by atoms with Crippen LogP contribution in [0.4, 0.5) is 4.79 Å². The number of thioether (sulfide) groups is 1. The number of esters is 2. The van der Waals surface area contributed by atoms with Crippen molar-refractivity contribution in [2.75, 3.05) is 12.5 Å². The molecule has 0 aliphatic rings. The summed E-state index contributed by atoms with van der Waals surface area (Å²) >= 11 is 4.83. The van der Waals surface area contributed by atoms with Gasteiger partial charge in [0, 0.05) is 12.2 Å². The van der Waals surface area contributed by atoms with Crippen LogP contribution in [0.1, 0.15) is 42.1 Å². The van der Waals surface area contributed by atoms with E-state index in [4.69, 9.17) is 23.0 Å². The molecule has 1 heterocycles. The van der Waals surface area contributed by atoms with Crippen LogP contribution in [0.5, 0.6) is 0 Å². The quantitative estimate of drug-likeness (QED) is 0.268. The van der Waals surface area contributed by atoms with E-state index in [1.54, 1.807) is 44.2 Å². The Hall–Kier alpha value is -2.99. The first-order valence-corrected chi connectivity index (χ1v) is 11.4. The Morgan fingerprint density at radius 3 is 2.32 bits per heavy atom. The lowest BCUT2D eigenvalue weighted by molar-refractivity contribution is -0.151. The number of carbonyl (C=O) groups excluding carboxylic acids is 4. The average molecular weight is 513 g/mol. The molecule has 12 heteroatoms. The molecular formula is C22H24O10S2. The molecule has 1 atom stereocenters. The van der Waals surface area contributed by atoms with Gasteiger partial charge in [-0.25, -0.2) is 14.4 Å². The molecule has 2 rings (SSSR count). The molecule has 1 aromatic heterocycles. The van der Waals surface area contributed by atoms with E-state index in [0.29, 0.717) is 17.3 Å². The Labute approximate surface area is 204 Å². The number of hydrogen-bond acceptors (Lipinski definition) is 12. The fourth-order valence-corrected chi connectivity index (χ4v) is 3.26. The molecule has 0 N–H and O–H groups in total. The number of hydrogen-bond donors (Lipinski definition) is 1. The van der Waals surface area contributed by atoms with E-state index in [2.05, 4.69) is 12.6 Å². The second kappa shape index (κ2) is 12.5. The normalized spacial score (nSPS) is 12.0. The summed E-state index contributed by atoms with van der Waals surface area (Å²) in [4.78, 5) is 60.0. The van der Waals surface area contributed by atoms with Crippen molar-refractivity contribution in [1.29, 1.82) is 0 Å². The van der Waals surface area contributed by atoms with Crippen molar-refractivity contribution in [2.24, 2.45) is 5.92 Å². The van der Waals surface area contributed by atoms with Crippen LogP contribution in [-0.2, 0) is 30.4 Å². The lowest BCUT2D eigenvalue weighted by Crippen LogP contribution is -2.31. The van der Waals surface area contributed by atoms with Crippen molar-refractivity contribution in [1.82, 2.24) is 0 Å². The third-order valence-corrected chi connectivity index (χ3v) is 5.58. The Morgan fingerprint density at radius 1 is 1.06 bits per heavy atom. The molecule has 0 aliphatic heterocycles. The van der Waals surface area contributed by atoms with Gasteiger partial charge in [-0.05, 0) is 44.7 Å². The topological polar surface area (TPSA) is 139 Å². The molecule has 0 bridgehead atoms. The largest absolute Gasteiger partial charge is 0.519 e. The highest BCUT2D eigenvalue weighted by Crippen LogP contribution is 2.23. The molecule has 0 amide bonds. The van der Waals surface area contributed by atoms with Gasteiger partial charge >= 0.3 is 23.1 Å². The van der Waals surface area contributed by atoms with Gasteiger partial charge in [0.15, 0.2) is 18.1 Å². The van der Waals surface area contributed by atoms with Gasteiger partial charge in [-0.1, -0.05) is 18.2 Å². The summed E-state index contributed by atoms with van der Waals surface area (Å²) in [6.07, 6.45) is -0.243. The van der Waals surface area contributed by atoms with Crippen molar-refractivity contribution < 1.29 is 42.2 Å². The lowest BCUT2D eigenvalue weighted by Gasteiger charge is -2.20. The number of ketones is 1. The smallest absolute Gasteiger partial charge is 0.457 e. The van der Waals surface area contributed by atoms with Crippen LogP contribution in [0.15, 0.2) is 44.0 Å². The number of benzene rings is 1. The summed E-state index contributed by atoms with van der Waals surface area (Å²) in [5.41, 5.74) is 0.297. The third kappa shape index (κ3) is 8.75. The maximum Gasteiger partial charge on any atom is 0.519 e. The molecule has 0 aliphatic carbocycles. The molecule has 10 nitrogen and oxygen atoms in total. The summed E-state index contributed by atoms with van der Waals surface area (Å²) in [5.74, 6) is -3.69. The predicted molar refractivity (Wildman–Crippen MR) is 124 cm³/mol. The van der Waals surface area contributed by atoms with Gasteiger partial charge < -0.3 is 23.0 Å². The van der Waals surface area contributed by atoms with E-state index in [-0.39, 0.29) is 36.1 Å². The SMILES string of the molecule is Cc1oc(=O)oc1COC(=O)[C@H](CSC(=O)OCOC(=O)c1ccccc1)CC(=O)C(C)(C)S. The third-order valence-electron chi connectivity index (χ3n) is 4.41. The van der Waals surface area contributed by atoms with E-state index in [1.807, 2.05) is 0 Å². The van der Waals surface area contributed by atoms with E-state index < -0.39 is 40.5 Å². The summed E-state index contributed by atoms with van der Waals surface area (Å²) in [6, 6.07) is 8.15. The van der Waals surface area contributed by atoms with E-state index in [9.17, 15) is 24.0 Å². The van der Waals surface area contributed by atoms with Gasteiger partial charge in [0.05, 0.1) is 16.2 Å². The van der Waals surface area contributed by atoms with Crippen molar-refractivity contribution in [3.8, 4) is 0 Å². The zero-order valence-electron chi connectivity index (χ0n) is 18.7. The first-order chi connectivity index (χ1) is 16.0. The highest BCUT2D eigenvalue weighted by molar-refractivity contribution is 8.13. The predicted octanol–water partition coefficient (Wildman–Crippen LogP) is 3.55. The Bertz CT molecular complexity index is 1070. The molecule has 184 valence electrons. The number of rotatable bonds is 11. The molecule has 0 saturated carbocycles.